The lowest BCUT2D eigenvalue weighted by atomic mass is 9.79. The van der Waals surface area contributed by atoms with Crippen LogP contribution in [-0.2, 0) is 9.47 Å². The average Bonchev–Trinajstić information content (AvgIpc) is 3.05. The van der Waals surface area contributed by atoms with Gasteiger partial charge in [0.2, 0.25) is 0 Å². The van der Waals surface area contributed by atoms with Crippen LogP contribution >= 0.6 is 11.6 Å². The standard InChI is InChI=1S/C19H26ClNO5/c1-24-16-11-13(20)3-4-15(16)18(23)21-8-7-19(25-2)6-5-14(12-17(19)21)26-10-9-22/h3-4,11,14,17,22H,5-10,12H2,1-2H3/t14-,17-,19+/m0/s1. The van der Waals surface area contributed by atoms with Crippen LogP contribution in [0, 0.1) is 0 Å². The number of rotatable bonds is 6. The summed E-state index contributed by atoms with van der Waals surface area (Å²) >= 11 is 6.02. The van der Waals surface area contributed by atoms with E-state index in [1.54, 1.807) is 25.3 Å². The number of carbonyl (C=O) groups excluding carboxylic acids is 1. The zero-order valence-electron chi connectivity index (χ0n) is 15.2. The fourth-order valence-corrected chi connectivity index (χ4v) is 4.43. The number of nitrogens with zero attached hydrogens (tertiary/aromatic N) is 1. The van der Waals surface area contributed by atoms with Crippen LogP contribution in [0.2, 0.25) is 5.02 Å². The minimum Gasteiger partial charge on any atom is -0.496 e. The normalized spacial score (nSPS) is 28.1. The highest BCUT2D eigenvalue weighted by Gasteiger charge is 2.53. The summed E-state index contributed by atoms with van der Waals surface area (Å²) in [5, 5.41) is 9.54. The molecular formula is C19H26ClNO5. The number of halogens is 1. The average molecular weight is 384 g/mol. The molecule has 0 aromatic heterocycles. The molecule has 1 aliphatic heterocycles. The SMILES string of the molecule is COc1cc(Cl)ccc1C(=O)N1CC[C@]2(OC)CC[C@H](OCCO)C[C@H]12. The van der Waals surface area contributed by atoms with E-state index in [1.807, 2.05) is 4.90 Å². The van der Waals surface area contributed by atoms with Crippen molar-refractivity contribution in [2.24, 2.45) is 0 Å². The predicted octanol–water partition coefficient (Wildman–Crippen LogP) is 2.51. The second-order valence-corrected chi connectivity index (χ2v) is 7.31. The summed E-state index contributed by atoms with van der Waals surface area (Å²) in [6, 6.07) is 5.00. The van der Waals surface area contributed by atoms with Crippen LogP contribution in [0.4, 0.5) is 0 Å². The fraction of sp³-hybridized carbons (Fsp3) is 0.632. The summed E-state index contributed by atoms with van der Waals surface area (Å²) in [5.74, 6) is 0.395. The molecule has 2 aliphatic rings. The van der Waals surface area contributed by atoms with Gasteiger partial charge in [0, 0.05) is 18.7 Å². The summed E-state index contributed by atoms with van der Waals surface area (Å²) in [6.07, 6.45) is 3.25. The number of ether oxygens (including phenoxy) is 3. The van der Waals surface area contributed by atoms with E-state index >= 15 is 0 Å². The van der Waals surface area contributed by atoms with Gasteiger partial charge in [-0.25, -0.2) is 0 Å². The molecule has 0 spiro atoms. The van der Waals surface area contributed by atoms with Gasteiger partial charge in [0.15, 0.2) is 0 Å². The van der Waals surface area contributed by atoms with Crippen molar-refractivity contribution >= 4 is 17.5 Å². The number of benzene rings is 1. The van der Waals surface area contributed by atoms with E-state index in [1.165, 1.54) is 7.11 Å². The van der Waals surface area contributed by atoms with Gasteiger partial charge in [-0.3, -0.25) is 4.79 Å². The summed E-state index contributed by atoms with van der Waals surface area (Å²) in [5.41, 5.74) is 0.177. The van der Waals surface area contributed by atoms with Crippen LogP contribution in [0.5, 0.6) is 5.75 Å². The lowest BCUT2D eigenvalue weighted by Crippen LogP contribution is -2.53. The number of likely N-dealkylation sites (tertiary alicyclic amines) is 1. The minimum atomic E-state index is -0.325. The zero-order chi connectivity index (χ0) is 18.7. The molecule has 1 saturated carbocycles. The summed E-state index contributed by atoms with van der Waals surface area (Å²) < 4.78 is 17.0. The largest absolute Gasteiger partial charge is 0.496 e. The van der Waals surface area contributed by atoms with Crippen molar-refractivity contribution in [3.05, 3.63) is 28.8 Å². The molecule has 3 rings (SSSR count). The molecule has 0 unspecified atom stereocenters. The van der Waals surface area contributed by atoms with Crippen LogP contribution in [-0.4, -0.2) is 67.6 Å². The van der Waals surface area contributed by atoms with Crippen molar-refractivity contribution in [2.75, 3.05) is 34.0 Å². The molecule has 1 heterocycles. The van der Waals surface area contributed by atoms with Gasteiger partial charge in [-0.1, -0.05) is 11.6 Å². The summed E-state index contributed by atoms with van der Waals surface area (Å²) in [6.45, 7) is 0.952. The molecule has 7 heteroatoms. The van der Waals surface area contributed by atoms with Crippen LogP contribution < -0.4 is 4.74 Å². The predicted molar refractivity (Wildman–Crippen MR) is 97.9 cm³/mol. The molecule has 2 fully saturated rings. The van der Waals surface area contributed by atoms with E-state index in [-0.39, 0.29) is 30.3 Å². The molecule has 1 aromatic rings. The molecule has 1 saturated heterocycles. The van der Waals surface area contributed by atoms with E-state index in [4.69, 9.17) is 30.9 Å². The molecule has 6 nitrogen and oxygen atoms in total. The first kappa shape index (κ1) is 19.4. The van der Waals surface area contributed by atoms with E-state index in [0.717, 1.165) is 19.3 Å². The van der Waals surface area contributed by atoms with Crippen LogP contribution in [0.15, 0.2) is 18.2 Å². The van der Waals surface area contributed by atoms with Crippen LogP contribution in [0.25, 0.3) is 0 Å². The third-order valence-electron chi connectivity index (χ3n) is 5.64. The van der Waals surface area contributed by atoms with Gasteiger partial charge in [0.05, 0.1) is 43.6 Å². The first-order valence-electron chi connectivity index (χ1n) is 8.97. The number of methoxy groups -OCH3 is 2. The van der Waals surface area contributed by atoms with Crippen molar-refractivity contribution in [2.45, 2.75) is 43.4 Å². The van der Waals surface area contributed by atoms with E-state index < -0.39 is 0 Å². The molecule has 26 heavy (non-hydrogen) atoms. The summed E-state index contributed by atoms with van der Waals surface area (Å²) in [4.78, 5) is 15.1. The minimum absolute atomic E-state index is 0.00120. The third-order valence-corrected chi connectivity index (χ3v) is 5.88. The van der Waals surface area contributed by atoms with E-state index in [2.05, 4.69) is 0 Å². The first-order chi connectivity index (χ1) is 12.5. The Kier molecular flexibility index (Phi) is 6.07. The Morgan fingerprint density at radius 2 is 2.19 bits per heavy atom. The molecule has 1 amide bonds. The second kappa shape index (κ2) is 8.13. The van der Waals surface area contributed by atoms with Crippen molar-refractivity contribution in [3.8, 4) is 5.75 Å². The van der Waals surface area contributed by atoms with Crippen molar-refractivity contribution in [1.29, 1.82) is 0 Å². The molecule has 3 atom stereocenters. The Labute approximate surface area is 159 Å². The molecular weight excluding hydrogens is 358 g/mol. The van der Waals surface area contributed by atoms with Crippen LogP contribution in [0.1, 0.15) is 36.0 Å². The Morgan fingerprint density at radius 3 is 2.88 bits per heavy atom. The highest BCUT2D eigenvalue weighted by atomic mass is 35.5. The Morgan fingerprint density at radius 1 is 1.38 bits per heavy atom. The Bertz CT molecular complexity index is 655. The summed E-state index contributed by atoms with van der Waals surface area (Å²) in [7, 11) is 3.25. The molecule has 1 aromatic carbocycles. The number of aliphatic hydroxyl groups excluding tert-OH is 1. The highest BCUT2D eigenvalue weighted by molar-refractivity contribution is 6.30. The maximum absolute atomic E-state index is 13.2. The number of hydrogen-bond donors (Lipinski definition) is 1. The van der Waals surface area contributed by atoms with Gasteiger partial charge in [-0.05, 0) is 43.9 Å². The fourth-order valence-electron chi connectivity index (χ4n) is 4.27. The molecule has 144 valence electrons. The van der Waals surface area contributed by atoms with Gasteiger partial charge in [-0.15, -0.1) is 0 Å². The van der Waals surface area contributed by atoms with E-state index in [9.17, 15) is 4.79 Å². The van der Waals surface area contributed by atoms with Crippen molar-refractivity contribution in [1.82, 2.24) is 4.90 Å². The highest BCUT2D eigenvalue weighted by Crippen LogP contribution is 2.44. The maximum atomic E-state index is 13.2. The number of amides is 1. The second-order valence-electron chi connectivity index (χ2n) is 6.87. The first-order valence-corrected chi connectivity index (χ1v) is 9.34. The lowest BCUT2D eigenvalue weighted by molar-refractivity contribution is -0.0992. The molecule has 1 N–H and O–H groups in total. The van der Waals surface area contributed by atoms with E-state index in [0.29, 0.717) is 35.9 Å². The Hall–Kier alpha value is -1.34. The lowest BCUT2D eigenvalue weighted by Gasteiger charge is -2.43. The Balaban J connectivity index is 1.84. The number of carbonyl (C=O) groups is 1. The van der Waals surface area contributed by atoms with Crippen molar-refractivity contribution < 1.29 is 24.1 Å². The van der Waals surface area contributed by atoms with Crippen molar-refractivity contribution in [3.63, 3.8) is 0 Å². The van der Waals surface area contributed by atoms with Gasteiger partial charge in [0.25, 0.3) is 5.91 Å². The number of fused-ring (bicyclic) bond motifs is 1. The quantitative estimate of drug-likeness (QED) is 0.817. The molecule has 0 radical (unpaired) electrons. The third kappa shape index (κ3) is 3.56. The monoisotopic (exact) mass is 383 g/mol. The number of aliphatic hydroxyl groups is 1. The maximum Gasteiger partial charge on any atom is 0.257 e. The topological polar surface area (TPSA) is 68.2 Å². The van der Waals surface area contributed by atoms with Gasteiger partial charge in [-0.2, -0.15) is 0 Å². The zero-order valence-corrected chi connectivity index (χ0v) is 16.0. The smallest absolute Gasteiger partial charge is 0.257 e. The molecule has 1 aliphatic carbocycles. The number of hydrogen-bond acceptors (Lipinski definition) is 5. The molecule has 0 bridgehead atoms. The van der Waals surface area contributed by atoms with Gasteiger partial charge < -0.3 is 24.2 Å². The van der Waals surface area contributed by atoms with Gasteiger partial charge >= 0.3 is 0 Å². The van der Waals surface area contributed by atoms with Gasteiger partial charge in [0.1, 0.15) is 5.75 Å². The van der Waals surface area contributed by atoms with Crippen LogP contribution in [0.3, 0.4) is 0 Å².